The third kappa shape index (κ3) is 1.93. The van der Waals surface area contributed by atoms with E-state index in [1.54, 1.807) is 18.3 Å². The summed E-state index contributed by atoms with van der Waals surface area (Å²) in [6.45, 7) is 1.98. The fourth-order valence-corrected chi connectivity index (χ4v) is 2.22. The first-order chi connectivity index (χ1) is 9.16. The molecule has 0 aliphatic rings. The molecule has 0 saturated heterocycles. The van der Waals surface area contributed by atoms with Crippen molar-refractivity contribution in [3.63, 3.8) is 0 Å². The molecule has 0 amide bonds. The Balaban J connectivity index is 2.15. The molecule has 0 saturated carbocycles. The molecule has 1 N–H and O–H groups in total. The zero-order valence-corrected chi connectivity index (χ0v) is 10.4. The van der Waals surface area contributed by atoms with Crippen LogP contribution in [0, 0.1) is 12.7 Å². The van der Waals surface area contributed by atoms with E-state index in [0.717, 1.165) is 16.5 Å². The van der Waals surface area contributed by atoms with Crippen molar-refractivity contribution in [2.45, 2.75) is 6.92 Å². The van der Waals surface area contributed by atoms with Crippen molar-refractivity contribution in [2.75, 3.05) is 0 Å². The van der Waals surface area contributed by atoms with E-state index < -0.39 is 5.82 Å². The molecule has 0 unspecified atom stereocenters. The largest absolute Gasteiger partial charge is 0.360 e. The van der Waals surface area contributed by atoms with E-state index in [-0.39, 0.29) is 11.3 Å². The number of benzene rings is 2. The Labute approximate surface area is 109 Å². The van der Waals surface area contributed by atoms with Gasteiger partial charge in [-0.3, -0.25) is 4.79 Å². The summed E-state index contributed by atoms with van der Waals surface area (Å²) in [6.07, 6.45) is 1.64. The lowest BCUT2D eigenvalue weighted by Gasteiger charge is -2.01. The normalized spacial score (nSPS) is 10.8. The molecule has 0 fully saturated rings. The maximum Gasteiger partial charge on any atom is 0.198 e. The van der Waals surface area contributed by atoms with Gasteiger partial charge in [-0.05, 0) is 30.7 Å². The molecule has 3 rings (SSSR count). The molecular weight excluding hydrogens is 241 g/mol. The van der Waals surface area contributed by atoms with Gasteiger partial charge in [0, 0.05) is 22.7 Å². The van der Waals surface area contributed by atoms with Crippen LogP contribution in [0.1, 0.15) is 21.5 Å². The molecule has 2 nitrogen and oxygen atoms in total. The molecule has 0 atom stereocenters. The van der Waals surface area contributed by atoms with Crippen molar-refractivity contribution in [2.24, 2.45) is 0 Å². The van der Waals surface area contributed by atoms with Crippen LogP contribution < -0.4 is 0 Å². The Morgan fingerprint density at radius 1 is 1.11 bits per heavy atom. The zero-order chi connectivity index (χ0) is 13.4. The number of carbonyl (C=O) groups is 1. The molecule has 0 aliphatic carbocycles. The lowest BCUT2D eigenvalue weighted by Crippen LogP contribution is -2.03. The molecule has 3 heteroatoms. The molecule has 3 aromatic rings. The van der Waals surface area contributed by atoms with Crippen molar-refractivity contribution in [3.05, 3.63) is 71.2 Å². The van der Waals surface area contributed by atoms with Crippen LogP contribution in [0.2, 0.25) is 0 Å². The molecule has 2 aromatic carbocycles. The van der Waals surface area contributed by atoms with Crippen molar-refractivity contribution < 1.29 is 9.18 Å². The van der Waals surface area contributed by atoms with Gasteiger partial charge in [0.1, 0.15) is 5.82 Å². The number of halogens is 1. The highest BCUT2D eigenvalue weighted by molar-refractivity contribution is 6.16. The average molecular weight is 253 g/mol. The van der Waals surface area contributed by atoms with Crippen LogP contribution in [0.15, 0.2) is 48.7 Å². The van der Waals surface area contributed by atoms with E-state index in [0.29, 0.717) is 5.56 Å². The molecule has 0 bridgehead atoms. The van der Waals surface area contributed by atoms with Gasteiger partial charge in [-0.15, -0.1) is 0 Å². The fraction of sp³-hybridized carbons (Fsp3) is 0.0625. The van der Waals surface area contributed by atoms with Gasteiger partial charge in [-0.2, -0.15) is 0 Å². The van der Waals surface area contributed by atoms with Crippen molar-refractivity contribution in [1.29, 1.82) is 0 Å². The van der Waals surface area contributed by atoms with Crippen LogP contribution in [0.5, 0.6) is 0 Å². The lowest BCUT2D eigenvalue weighted by molar-refractivity contribution is 0.103. The third-order valence-electron chi connectivity index (χ3n) is 3.20. The molecule has 94 valence electrons. The summed E-state index contributed by atoms with van der Waals surface area (Å²) >= 11 is 0. The minimum atomic E-state index is -0.492. The summed E-state index contributed by atoms with van der Waals surface area (Å²) in [5.74, 6) is -0.790. The number of aryl methyl sites for hydroxylation is 1. The van der Waals surface area contributed by atoms with Gasteiger partial charge < -0.3 is 4.98 Å². The number of hydrogen-bond acceptors (Lipinski definition) is 1. The zero-order valence-electron chi connectivity index (χ0n) is 10.4. The summed E-state index contributed by atoms with van der Waals surface area (Å²) in [5.41, 5.74) is 2.60. The van der Waals surface area contributed by atoms with Crippen molar-refractivity contribution in [3.8, 4) is 0 Å². The Kier molecular flexibility index (Phi) is 2.67. The van der Waals surface area contributed by atoms with Gasteiger partial charge in [-0.1, -0.05) is 24.3 Å². The summed E-state index contributed by atoms with van der Waals surface area (Å²) in [4.78, 5) is 15.4. The topological polar surface area (TPSA) is 32.9 Å². The summed E-state index contributed by atoms with van der Waals surface area (Å²) in [7, 11) is 0. The first-order valence-corrected chi connectivity index (χ1v) is 6.04. The van der Waals surface area contributed by atoms with Gasteiger partial charge in [0.15, 0.2) is 5.78 Å². The Morgan fingerprint density at radius 3 is 2.68 bits per heavy atom. The van der Waals surface area contributed by atoms with Gasteiger partial charge >= 0.3 is 0 Å². The van der Waals surface area contributed by atoms with Gasteiger partial charge in [0.25, 0.3) is 0 Å². The van der Waals surface area contributed by atoms with Crippen molar-refractivity contribution >= 4 is 16.7 Å². The number of hydrogen-bond donors (Lipinski definition) is 1. The quantitative estimate of drug-likeness (QED) is 0.691. The second kappa shape index (κ2) is 4.35. The molecule has 1 aromatic heterocycles. The predicted octanol–water partition coefficient (Wildman–Crippen LogP) is 3.85. The molecule has 19 heavy (non-hydrogen) atoms. The van der Waals surface area contributed by atoms with Crippen LogP contribution in [0.3, 0.4) is 0 Å². The maximum absolute atomic E-state index is 13.7. The van der Waals surface area contributed by atoms with Crippen LogP contribution in [-0.2, 0) is 0 Å². The highest BCUT2D eigenvalue weighted by atomic mass is 19.1. The number of nitrogens with one attached hydrogen (secondary N) is 1. The maximum atomic E-state index is 13.7. The number of carbonyl (C=O) groups excluding carboxylic acids is 1. The second-order valence-electron chi connectivity index (χ2n) is 4.56. The van der Waals surface area contributed by atoms with E-state index in [9.17, 15) is 9.18 Å². The molecule has 0 radical (unpaired) electrons. The third-order valence-corrected chi connectivity index (χ3v) is 3.20. The SMILES string of the molecule is Cc1ccc2c(C(=O)c3ccccc3F)c[nH]c2c1. The minimum absolute atomic E-state index is 0.101. The van der Waals surface area contributed by atoms with E-state index in [1.807, 2.05) is 25.1 Å². The van der Waals surface area contributed by atoms with E-state index in [1.165, 1.54) is 12.1 Å². The van der Waals surface area contributed by atoms with Crippen molar-refractivity contribution in [1.82, 2.24) is 4.98 Å². The monoisotopic (exact) mass is 253 g/mol. The van der Waals surface area contributed by atoms with Gasteiger partial charge in [-0.25, -0.2) is 4.39 Å². The molecule has 0 aliphatic heterocycles. The minimum Gasteiger partial charge on any atom is -0.360 e. The number of aromatic amines is 1. The second-order valence-corrected chi connectivity index (χ2v) is 4.56. The molecule has 0 spiro atoms. The Hall–Kier alpha value is -2.42. The van der Waals surface area contributed by atoms with E-state index in [4.69, 9.17) is 0 Å². The first kappa shape index (κ1) is 11.7. The number of aromatic nitrogens is 1. The highest BCUT2D eigenvalue weighted by Crippen LogP contribution is 2.23. The fourth-order valence-electron chi connectivity index (χ4n) is 2.22. The first-order valence-electron chi connectivity index (χ1n) is 6.04. The molecule has 1 heterocycles. The number of ketones is 1. The van der Waals surface area contributed by atoms with Gasteiger partial charge in [0.05, 0.1) is 5.56 Å². The van der Waals surface area contributed by atoms with Gasteiger partial charge in [0.2, 0.25) is 0 Å². The highest BCUT2D eigenvalue weighted by Gasteiger charge is 2.17. The smallest absolute Gasteiger partial charge is 0.198 e. The number of fused-ring (bicyclic) bond motifs is 1. The summed E-state index contributed by atoms with van der Waals surface area (Å²) in [6, 6.07) is 11.8. The average Bonchev–Trinajstić information content (AvgIpc) is 2.81. The Morgan fingerprint density at radius 2 is 1.89 bits per heavy atom. The predicted molar refractivity (Wildman–Crippen MR) is 72.9 cm³/mol. The van der Waals surface area contributed by atoms with Crippen LogP contribution >= 0.6 is 0 Å². The Bertz CT molecular complexity index is 773. The number of rotatable bonds is 2. The summed E-state index contributed by atoms with van der Waals surface area (Å²) in [5, 5.41) is 0.818. The molecular formula is C16H12FNO. The van der Waals surface area contributed by atoms with Crippen LogP contribution in [-0.4, -0.2) is 10.8 Å². The van der Waals surface area contributed by atoms with Crippen LogP contribution in [0.25, 0.3) is 10.9 Å². The van der Waals surface area contributed by atoms with Crippen LogP contribution in [0.4, 0.5) is 4.39 Å². The number of H-pyrrole nitrogens is 1. The van der Waals surface area contributed by atoms with E-state index >= 15 is 0 Å². The lowest BCUT2D eigenvalue weighted by atomic mass is 10.0. The van der Waals surface area contributed by atoms with E-state index in [2.05, 4.69) is 4.98 Å². The summed E-state index contributed by atoms with van der Waals surface area (Å²) < 4.78 is 13.7. The standard InChI is InChI=1S/C16H12FNO/c1-10-6-7-11-13(9-18-15(11)8-10)16(19)12-4-2-3-5-14(12)17/h2-9,18H,1H3.